The lowest BCUT2D eigenvalue weighted by atomic mass is 9.83. The first-order valence-corrected chi connectivity index (χ1v) is 9.28. The largest absolute Gasteiger partial charge is 0.396 e. The molecule has 1 aromatic heterocycles. The van der Waals surface area contributed by atoms with Crippen molar-refractivity contribution in [3.05, 3.63) is 38.3 Å². The lowest BCUT2D eigenvalue weighted by Gasteiger charge is -2.25. The molecule has 0 radical (unpaired) electrons. The van der Waals surface area contributed by atoms with Gasteiger partial charge in [0.25, 0.3) is 5.56 Å². The summed E-state index contributed by atoms with van der Waals surface area (Å²) >= 11 is 0. The van der Waals surface area contributed by atoms with Gasteiger partial charge in [-0.1, -0.05) is 13.8 Å². The van der Waals surface area contributed by atoms with Gasteiger partial charge in [0.1, 0.15) is 5.82 Å². The average molecular weight is 376 g/mol. The molecule has 2 heterocycles. The highest BCUT2D eigenvalue weighted by molar-refractivity contribution is 5.87. The molecule has 7 nitrogen and oxygen atoms in total. The Morgan fingerprint density at radius 1 is 1.33 bits per heavy atom. The molecule has 1 aliphatic carbocycles. The van der Waals surface area contributed by atoms with Crippen molar-refractivity contribution in [3.8, 4) is 0 Å². The number of aliphatic hydroxyl groups is 1. The van der Waals surface area contributed by atoms with Gasteiger partial charge >= 0.3 is 5.69 Å². The predicted octanol–water partition coefficient (Wildman–Crippen LogP) is 1.11. The predicted molar refractivity (Wildman–Crippen MR) is 102 cm³/mol. The molecule has 1 aliphatic heterocycles. The summed E-state index contributed by atoms with van der Waals surface area (Å²) < 4.78 is 17.2. The van der Waals surface area contributed by atoms with Crippen LogP contribution < -0.4 is 22.0 Å². The fraction of sp³-hybridized carbons (Fsp3) is 0.579. The lowest BCUT2D eigenvalue weighted by Crippen LogP contribution is -2.44. The van der Waals surface area contributed by atoms with E-state index in [4.69, 9.17) is 5.84 Å². The highest BCUT2D eigenvalue weighted by Gasteiger charge is 2.40. The number of rotatable bonds is 3. The summed E-state index contributed by atoms with van der Waals surface area (Å²) in [4.78, 5) is 27.0. The van der Waals surface area contributed by atoms with Crippen LogP contribution in [0.3, 0.4) is 0 Å². The number of nitrogen functional groups attached to an aromatic ring is 1. The molecular weight excluding hydrogens is 351 g/mol. The summed E-state index contributed by atoms with van der Waals surface area (Å²) in [6.45, 7) is 6.99. The van der Waals surface area contributed by atoms with Gasteiger partial charge in [-0.25, -0.2) is 9.18 Å². The zero-order valence-electron chi connectivity index (χ0n) is 15.8. The second kappa shape index (κ2) is 5.82. The van der Waals surface area contributed by atoms with Gasteiger partial charge < -0.3 is 15.8 Å². The second-order valence-corrected chi connectivity index (χ2v) is 8.54. The molecule has 8 heteroatoms. The maximum absolute atomic E-state index is 15.1. The third-order valence-electron chi connectivity index (χ3n) is 6.16. The molecule has 146 valence electrons. The van der Waals surface area contributed by atoms with Crippen molar-refractivity contribution in [2.45, 2.75) is 39.7 Å². The van der Waals surface area contributed by atoms with Gasteiger partial charge in [-0.05, 0) is 31.2 Å². The van der Waals surface area contributed by atoms with Crippen LogP contribution in [0.2, 0.25) is 0 Å². The number of hydrogen-bond donors (Lipinski definition) is 2. The van der Waals surface area contributed by atoms with Crippen LogP contribution in [-0.4, -0.2) is 34.0 Å². The Balaban J connectivity index is 1.99. The highest BCUT2D eigenvalue weighted by atomic mass is 19.1. The number of benzene rings is 1. The van der Waals surface area contributed by atoms with Crippen molar-refractivity contribution in [2.75, 3.05) is 30.4 Å². The molecule has 0 bridgehead atoms. The summed E-state index contributed by atoms with van der Waals surface area (Å²) in [5.74, 6) is 5.17. The summed E-state index contributed by atoms with van der Waals surface area (Å²) in [7, 11) is 0. The molecule has 0 spiro atoms. The van der Waals surface area contributed by atoms with E-state index in [1.54, 1.807) is 11.5 Å². The van der Waals surface area contributed by atoms with Crippen molar-refractivity contribution in [1.29, 1.82) is 0 Å². The fourth-order valence-electron chi connectivity index (χ4n) is 4.39. The number of hydrogen-bond acceptors (Lipinski definition) is 5. The third-order valence-corrected chi connectivity index (χ3v) is 6.16. The first-order chi connectivity index (χ1) is 12.7. The van der Waals surface area contributed by atoms with E-state index in [-0.39, 0.29) is 29.4 Å². The normalized spacial score (nSPS) is 22.0. The molecule has 1 saturated heterocycles. The quantitative estimate of drug-likeness (QED) is 0.783. The van der Waals surface area contributed by atoms with Crippen LogP contribution in [0.1, 0.15) is 38.3 Å². The van der Waals surface area contributed by atoms with E-state index < -0.39 is 17.1 Å². The van der Waals surface area contributed by atoms with E-state index in [0.717, 1.165) is 12.8 Å². The van der Waals surface area contributed by atoms with E-state index in [1.807, 2.05) is 4.90 Å². The van der Waals surface area contributed by atoms with Crippen LogP contribution in [0.25, 0.3) is 10.9 Å². The molecule has 1 saturated carbocycles. The monoisotopic (exact) mass is 376 g/mol. The van der Waals surface area contributed by atoms with Crippen molar-refractivity contribution >= 4 is 16.6 Å². The molecular formula is C19H25FN4O3. The number of anilines is 1. The second-order valence-electron chi connectivity index (χ2n) is 8.54. The summed E-state index contributed by atoms with van der Waals surface area (Å²) in [5, 5.41) is 9.81. The highest BCUT2D eigenvalue weighted by Crippen LogP contribution is 2.42. The van der Waals surface area contributed by atoms with Crippen molar-refractivity contribution < 1.29 is 9.50 Å². The van der Waals surface area contributed by atoms with E-state index in [1.165, 1.54) is 6.07 Å². The maximum Gasteiger partial charge on any atom is 0.350 e. The number of aryl methyl sites for hydroxylation is 1. The molecule has 4 rings (SSSR count). The fourth-order valence-corrected chi connectivity index (χ4v) is 4.39. The molecule has 2 aromatic rings. The Bertz CT molecular complexity index is 1050. The van der Waals surface area contributed by atoms with Crippen molar-refractivity contribution in [2.24, 2.45) is 11.3 Å². The van der Waals surface area contributed by atoms with Gasteiger partial charge in [0.2, 0.25) is 0 Å². The van der Waals surface area contributed by atoms with Crippen LogP contribution in [0.4, 0.5) is 10.1 Å². The summed E-state index contributed by atoms with van der Waals surface area (Å²) in [5.41, 5.74) is 0.0203. The van der Waals surface area contributed by atoms with Gasteiger partial charge in [-0.2, -0.15) is 4.68 Å². The minimum absolute atomic E-state index is 0.00683. The summed E-state index contributed by atoms with van der Waals surface area (Å²) in [6, 6.07) is 1.19. The third kappa shape index (κ3) is 2.57. The molecule has 2 aliphatic rings. The Kier molecular flexibility index (Phi) is 3.89. The van der Waals surface area contributed by atoms with Gasteiger partial charge in [-0.15, -0.1) is 0 Å². The van der Waals surface area contributed by atoms with E-state index in [9.17, 15) is 14.7 Å². The maximum atomic E-state index is 15.1. The number of nitrogens with zero attached hydrogens (tertiary/aromatic N) is 3. The van der Waals surface area contributed by atoms with E-state index in [0.29, 0.717) is 34.5 Å². The Morgan fingerprint density at radius 3 is 2.56 bits per heavy atom. The molecule has 2 fully saturated rings. The van der Waals surface area contributed by atoms with Gasteiger partial charge in [0.15, 0.2) is 0 Å². The first kappa shape index (κ1) is 18.0. The zero-order valence-corrected chi connectivity index (χ0v) is 15.8. The van der Waals surface area contributed by atoms with Crippen LogP contribution in [0.15, 0.2) is 15.7 Å². The zero-order chi connectivity index (χ0) is 19.7. The van der Waals surface area contributed by atoms with Crippen molar-refractivity contribution in [1.82, 2.24) is 9.24 Å². The number of fused-ring (bicyclic) bond motifs is 1. The molecule has 1 aromatic carbocycles. The standard InChI is InChI=1S/C19H25FN4O3/c1-10-15-13(17(26)24(21)18(27)23(15)12-4-5-12)6-14(20)16(10)22-7-11(8-25)19(2,3)9-22/h6,11-12,25H,4-5,7-9,21H2,1-3H3. The summed E-state index contributed by atoms with van der Waals surface area (Å²) in [6.07, 6.45) is 1.67. The van der Waals surface area contributed by atoms with Gasteiger partial charge in [-0.3, -0.25) is 9.36 Å². The Labute approximate surface area is 155 Å². The van der Waals surface area contributed by atoms with Gasteiger partial charge in [0.05, 0.1) is 16.6 Å². The first-order valence-electron chi connectivity index (χ1n) is 9.28. The van der Waals surface area contributed by atoms with Crippen LogP contribution >= 0.6 is 0 Å². The van der Waals surface area contributed by atoms with E-state index >= 15 is 4.39 Å². The SMILES string of the molecule is Cc1c(N2CC(CO)C(C)(C)C2)c(F)cc2c(=O)n(N)c(=O)n(C3CC3)c12. The molecule has 1 atom stereocenters. The smallest absolute Gasteiger partial charge is 0.350 e. The number of aliphatic hydroxyl groups excluding tert-OH is 1. The molecule has 27 heavy (non-hydrogen) atoms. The average Bonchev–Trinajstić information content (AvgIpc) is 3.38. The Hall–Kier alpha value is -2.35. The lowest BCUT2D eigenvalue weighted by molar-refractivity contribution is 0.161. The van der Waals surface area contributed by atoms with Crippen LogP contribution in [0.5, 0.6) is 0 Å². The topological polar surface area (TPSA) is 93.5 Å². The van der Waals surface area contributed by atoms with Crippen LogP contribution in [0, 0.1) is 24.1 Å². The Morgan fingerprint density at radius 2 is 2.00 bits per heavy atom. The van der Waals surface area contributed by atoms with Gasteiger partial charge in [0, 0.05) is 37.2 Å². The molecule has 0 amide bonds. The van der Waals surface area contributed by atoms with Crippen LogP contribution in [-0.2, 0) is 0 Å². The minimum Gasteiger partial charge on any atom is -0.396 e. The van der Waals surface area contributed by atoms with E-state index in [2.05, 4.69) is 13.8 Å². The minimum atomic E-state index is -0.685. The number of aromatic nitrogens is 2. The molecule has 3 N–H and O–H groups in total. The number of halogens is 1. The van der Waals surface area contributed by atoms with Crippen molar-refractivity contribution in [3.63, 3.8) is 0 Å². The number of nitrogens with two attached hydrogens (primary N) is 1. The molecule has 1 unspecified atom stereocenters.